The third kappa shape index (κ3) is 2.25. The molecule has 84 valence electrons. The monoisotopic (exact) mass is 233 g/mol. The van der Waals surface area contributed by atoms with E-state index in [1.54, 1.807) is 11.3 Å². The number of thiazole rings is 1. The summed E-state index contributed by atoms with van der Waals surface area (Å²) in [5.41, 5.74) is 3.36. The Morgan fingerprint density at radius 1 is 1.31 bits per heavy atom. The van der Waals surface area contributed by atoms with Crippen LogP contribution in [0.1, 0.15) is 17.5 Å². The largest absolute Gasteiger partial charge is 0.494 e. The van der Waals surface area contributed by atoms with E-state index in [4.69, 9.17) is 4.74 Å². The second-order valence-electron chi connectivity index (χ2n) is 3.67. The van der Waals surface area contributed by atoms with Crippen LogP contribution >= 0.6 is 11.3 Å². The molecule has 0 radical (unpaired) electrons. The van der Waals surface area contributed by atoms with Gasteiger partial charge in [0.25, 0.3) is 0 Å². The van der Waals surface area contributed by atoms with Crippen molar-refractivity contribution in [2.75, 3.05) is 6.61 Å². The standard InChI is InChI=1S/C13H15NOS/c1-4-15-13-6-5-11(7-9(13)2)12-8-16-10(3)14-12/h5-8H,4H2,1-3H3. The van der Waals surface area contributed by atoms with E-state index in [0.29, 0.717) is 6.61 Å². The maximum Gasteiger partial charge on any atom is 0.122 e. The molecule has 2 aromatic rings. The van der Waals surface area contributed by atoms with Crippen LogP contribution in [0.15, 0.2) is 23.6 Å². The highest BCUT2D eigenvalue weighted by molar-refractivity contribution is 7.09. The normalized spacial score (nSPS) is 10.4. The van der Waals surface area contributed by atoms with Crippen LogP contribution in [0.25, 0.3) is 11.3 Å². The number of benzene rings is 1. The number of rotatable bonds is 3. The molecule has 0 aliphatic carbocycles. The van der Waals surface area contributed by atoms with Crippen molar-refractivity contribution in [1.29, 1.82) is 0 Å². The molecule has 1 heterocycles. The van der Waals surface area contributed by atoms with Crippen LogP contribution in [0.5, 0.6) is 5.75 Å². The SMILES string of the molecule is CCOc1ccc(-c2csc(C)n2)cc1C. The Morgan fingerprint density at radius 2 is 2.12 bits per heavy atom. The predicted molar refractivity (Wildman–Crippen MR) is 68.2 cm³/mol. The molecule has 0 spiro atoms. The van der Waals surface area contributed by atoms with Gasteiger partial charge in [-0.2, -0.15) is 0 Å². The van der Waals surface area contributed by atoms with Gasteiger partial charge in [-0.3, -0.25) is 0 Å². The highest BCUT2D eigenvalue weighted by atomic mass is 32.1. The Labute approximate surface area is 99.9 Å². The zero-order valence-electron chi connectivity index (χ0n) is 9.78. The highest BCUT2D eigenvalue weighted by Gasteiger charge is 2.05. The number of ether oxygens (including phenoxy) is 1. The third-order valence-electron chi connectivity index (χ3n) is 2.39. The second kappa shape index (κ2) is 4.66. The molecular weight excluding hydrogens is 218 g/mol. The maximum atomic E-state index is 5.51. The Bertz CT molecular complexity index is 490. The summed E-state index contributed by atoms with van der Waals surface area (Å²) in [5, 5.41) is 3.19. The van der Waals surface area contributed by atoms with Crippen molar-refractivity contribution < 1.29 is 4.74 Å². The number of hydrogen-bond donors (Lipinski definition) is 0. The van der Waals surface area contributed by atoms with Crippen LogP contribution in [0.4, 0.5) is 0 Å². The van der Waals surface area contributed by atoms with Crippen LogP contribution in [-0.2, 0) is 0 Å². The molecule has 0 aliphatic heterocycles. The summed E-state index contributed by atoms with van der Waals surface area (Å²) < 4.78 is 5.51. The van der Waals surface area contributed by atoms with Crippen molar-refractivity contribution in [2.45, 2.75) is 20.8 Å². The molecule has 1 aromatic carbocycles. The molecule has 2 nitrogen and oxygen atoms in total. The Hall–Kier alpha value is -1.35. The average molecular weight is 233 g/mol. The molecule has 1 aromatic heterocycles. The number of hydrogen-bond acceptors (Lipinski definition) is 3. The summed E-state index contributed by atoms with van der Waals surface area (Å²) in [6, 6.07) is 6.20. The minimum absolute atomic E-state index is 0.704. The van der Waals surface area contributed by atoms with Crippen LogP contribution in [0.2, 0.25) is 0 Å². The number of aromatic nitrogens is 1. The smallest absolute Gasteiger partial charge is 0.122 e. The number of aryl methyl sites for hydroxylation is 2. The first-order valence-electron chi connectivity index (χ1n) is 5.36. The molecule has 0 saturated carbocycles. The third-order valence-corrected chi connectivity index (χ3v) is 3.16. The van der Waals surface area contributed by atoms with E-state index in [0.717, 1.165) is 27.6 Å². The van der Waals surface area contributed by atoms with E-state index < -0.39 is 0 Å². The Kier molecular flexibility index (Phi) is 3.25. The lowest BCUT2D eigenvalue weighted by Crippen LogP contribution is -1.94. The van der Waals surface area contributed by atoms with Gasteiger partial charge in [0.1, 0.15) is 5.75 Å². The summed E-state index contributed by atoms with van der Waals surface area (Å²) in [7, 11) is 0. The average Bonchev–Trinajstić information content (AvgIpc) is 2.68. The molecule has 0 aliphatic rings. The summed E-state index contributed by atoms with van der Waals surface area (Å²) in [6.45, 7) is 6.79. The predicted octanol–water partition coefficient (Wildman–Crippen LogP) is 3.83. The van der Waals surface area contributed by atoms with Gasteiger partial charge in [-0.05, 0) is 44.5 Å². The molecule has 2 rings (SSSR count). The minimum atomic E-state index is 0.704. The van der Waals surface area contributed by atoms with E-state index in [-0.39, 0.29) is 0 Å². The zero-order valence-corrected chi connectivity index (χ0v) is 10.6. The molecule has 0 fully saturated rings. The molecule has 16 heavy (non-hydrogen) atoms. The topological polar surface area (TPSA) is 22.1 Å². The van der Waals surface area contributed by atoms with Crippen molar-refractivity contribution >= 4 is 11.3 Å². The molecule has 0 bridgehead atoms. The van der Waals surface area contributed by atoms with E-state index in [2.05, 4.69) is 29.4 Å². The first kappa shape index (κ1) is 11.1. The van der Waals surface area contributed by atoms with Crippen molar-refractivity contribution in [3.05, 3.63) is 34.2 Å². The fourth-order valence-corrected chi connectivity index (χ4v) is 2.24. The van der Waals surface area contributed by atoms with Gasteiger partial charge in [-0.1, -0.05) is 0 Å². The van der Waals surface area contributed by atoms with Crippen LogP contribution in [0.3, 0.4) is 0 Å². The van der Waals surface area contributed by atoms with E-state index in [1.165, 1.54) is 0 Å². The fourth-order valence-electron chi connectivity index (χ4n) is 1.62. The first-order chi connectivity index (χ1) is 7.70. The lowest BCUT2D eigenvalue weighted by molar-refractivity contribution is 0.338. The lowest BCUT2D eigenvalue weighted by Gasteiger charge is -2.07. The molecule has 0 N–H and O–H groups in total. The van der Waals surface area contributed by atoms with Crippen LogP contribution in [0, 0.1) is 13.8 Å². The minimum Gasteiger partial charge on any atom is -0.494 e. The second-order valence-corrected chi connectivity index (χ2v) is 4.73. The Balaban J connectivity index is 2.34. The molecule has 0 amide bonds. The van der Waals surface area contributed by atoms with Crippen molar-refractivity contribution in [2.24, 2.45) is 0 Å². The van der Waals surface area contributed by atoms with Gasteiger partial charge in [0.2, 0.25) is 0 Å². The summed E-state index contributed by atoms with van der Waals surface area (Å²) in [5.74, 6) is 0.957. The first-order valence-corrected chi connectivity index (χ1v) is 6.24. The quantitative estimate of drug-likeness (QED) is 0.804. The van der Waals surface area contributed by atoms with Gasteiger partial charge in [0.15, 0.2) is 0 Å². The molecule has 0 atom stereocenters. The van der Waals surface area contributed by atoms with Gasteiger partial charge in [-0.15, -0.1) is 11.3 Å². The summed E-state index contributed by atoms with van der Waals surface area (Å²) in [6.07, 6.45) is 0. The molecule has 3 heteroatoms. The van der Waals surface area contributed by atoms with Gasteiger partial charge in [-0.25, -0.2) is 4.98 Å². The molecule has 0 saturated heterocycles. The van der Waals surface area contributed by atoms with Crippen molar-refractivity contribution in [3.8, 4) is 17.0 Å². The Morgan fingerprint density at radius 3 is 2.69 bits per heavy atom. The van der Waals surface area contributed by atoms with Gasteiger partial charge in [0.05, 0.1) is 17.3 Å². The van der Waals surface area contributed by atoms with Crippen LogP contribution < -0.4 is 4.74 Å². The molecular formula is C13H15NOS. The highest BCUT2D eigenvalue weighted by Crippen LogP contribution is 2.26. The summed E-state index contributed by atoms with van der Waals surface area (Å²) >= 11 is 1.68. The number of nitrogens with zero attached hydrogens (tertiary/aromatic N) is 1. The van der Waals surface area contributed by atoms with Gasteiger partial charge >= 0.3 is 0 Å². The molecule has 0 unspecified atom stereocenters. The van der Waals surface area contributed by atoms with E-state index >= 15 is 0 Å². The van der Waals surface area contributed by atoms with Gasteiger partial charge in [0, 0.05) is 10.9 Å². The van der Waals surface area contributed by atoms with E-state index in [1.807, 2.05) is 19.9 Å². The van der Waals surface area contributed by atoms with Crippen LogP contribution in [-0.4, -0.2) is 11.6 Å². The maximum absolute atomic E-state index is 5.51. The van der Waals surface area contributed by atoms with Crippen molar-refractivity contribution in [1.82, 2.24) is 4.98 Å². The summed E-state index contributed by atoms with van der Waals surface area (Å²) in [4.78, 5) is 4.48. The van der Waals surface area contributed by atoms with Crippen molar-refractivity contribution in [3.63, 3.8) is 0 Å². The zero-order chi connectivity index (χ0) is 11.5. The fraction of sp³-hybridized carbons (Fsp3) is 0.308. The lowest BCUT2D eigenvalue weighted by atomic mass is 10.1. The van der Waals surface area contributed by atoms with E-state index in [9.17, 15) is 0 Å². The van der Waals surface area contributed by atoms with Gasteiger partial charge < -0.3 is 4.74 Å².